The molecule has 0 spiro atoms. The van der Waals surface area contributed by atoms with Gasteiger partial charge in [-0.1, -0.05) is 11.6 Å². The van der Waals surface area contributed by atoms with Gasteiger partial charge < -0.3 is 4.74 Å². The molecule has 0 aliphatic rings. The molecular weight excluding hydrogens is 432 g/mol. The molecule has 0 fully saturated rings. The molecule has 0 aliphatic heterocycles. The van der Waals surface area contributed by atoms with E-state index in [-0.39, 0.29) is 24.7 Å². The Morgan fingerprint density at radius 1 is 1.37 bits per heavy atom. The van der Waals surface area contributed by atoms with Crippen LogP contribution >= 0.6 is 27.5 Å². The van der Waals surface area contributed by atoms with Crippen molar-refractivity contribution in [3.8, 4) is 0 Å². The van der Waals surface area contributed by atoms with Crippen LogP contribution in [-0.4, -0.2) is 32.5 Å². The van der Waals surface area contributed by atoms with Crippen molar-refractivity contribution in [1.82, 2.24) is 19.6 Å². The number of halogens is 2. The molecular formula is C19H20BrClN4O2. The van der Waals surface area contributed by atoms with Crippen LogP contribution in [0.4, 0.5) is 0 Å². The minimum Gasteiger partial charge on any atom is -0.377 e. The van der Waals surface area contributed by atoms with Gasteiger partial charge in [0, 0.05) is 42.4 Å². The van der Waals surface area contributed by atoms with Gasteiger partial charge in [0.2, 0.25) is 0 Å². The Bertz CT molecular complexity index is 1020. The van der Waals surface area contributed by atoms with Gasteiger partial charge in [0.25, 0.3) is 0 Å². The van der Waals surface area contributed by atoms with E-state index in [0.717, 1.165) is 26.9 Å². The lowest BCUT2D eigenvalue weighted by molar-refractivity contribution is -0.117. The highest BCUT2D eigenvalue weighted by Crippen LogP contribution is 2.31. The Kier molecular flexibility index (Phi) is 5.93. The Morgan fingerprint density at radius 3 is 2.81 bits per heavy atom. The number of ketones is 1. The van der Waals surface area contributed by atoms with Crippen molar-refractivity contribution < 1.29 is 9.53 Å². The average Bonchev–Trinajstić information content (AvgIpc) is 2.98. The SMILES string of the molecule is CO[C@H](C)c1c(CC(=O)Cc2cc(Cl)c3nc(C)nn3c2)cnc(C)c1Br. The molecule has 0 saturated heterocycles. The van der Waals surface area contributed by atoms with Crippen LogP contribution in [0, 0.1) is 13.8 Å². The lowest BCUT2D eigenvalue weighted by atomic mass is 9.98. The number of carbonyl (C=O) groups is 1. The molecule has 0 N–H and O–H groups in total. The molecule has 1 atom stereocenters. The van der Waals surface area contributed by atoms with Crippen molar-refractivity contribution in [3.63, 3.8) is 0 Å². The predicted molar refractivity (Wildman–Crippen MR) is 107 cm³/mol. The van der Waals surface area contributed by atoms with Crippen LogP contribution in [0.2, 0.25) is 5.02 Å². The maximum atomic E-state index is 12.7. The van der Waals surface area contributed by atoms with Crippen LogP contribution in [0.15, 0.2) is 22.9 Å². The van der Waals surface area contributed by atoms with Gasteiger partial charge in [0.05, 0.1) is 16.8 Å². The molecule has 0 bridgehead atoms. The summed E-state index contributed by atoms with van der Waals surface area (Å²) in [5.41, 5.74) is 4.06. The summed E-state index contributed by atoms with van der Waals surface area (Å²) in [5.74, 6) is 0.693. The van der Waals surface area contributed by atoms with Gasteiger partial charge in [-0.25, -0.2) is 9.50 Å². The number of rotatable bonds is 6. The van der Waals surface area contributed by atoms with E-state index in [9.17, 15) is 4.79 Å². The first-order valence-electron chi connectivity index (χ1n) is 8.50. The predicted octanol–water partition coefficient (Wildman–Crippen LogP) is 4.22. The molecule has 27 heavy (non-hydrogen) atoms. The lowest BCUT2D eigenvalue weighted by Gasteiger charge is -2.18. The van der Waals surface area contributed by atoms with E-state index in [1.54, 1.807) is 37.0 Å². The van der Waals surface area contributed by atoms with Gasteiger partial charge in [-0.3, -0.25) is 9.78 Å². The van der Waals surface area contributed by atoms with Crippen LogP contribution in [0.1, 0.15) is 41.2 Å². The summed E-state index contributed by atoms with van der Waals surface area (Å²) in [4.78, 5) is 21.4. The molecule has 0 unspecified atom stereocenters. The molecule has 3 rings (SSSR count). The van der Waals surface area contributed by atoms with Crippen LogP contribution in [0.3, 0.4) is 0 Å². The molecule has 3 heterocycles. The highest BCUT2D eigenvalue weighted by Gasteiger charge is 2.19. The number of aryl methyl sites for hydroxylation is 2. The third-order valence-electron chi connectivity index (χ3n) is 4.41. The summed E-state index contributed by atoms with van der Waals surface area (Å²) in [6.45, 7) is 5.67. The third-order valence-corrected chi connectivity index (χ3v) is 5.69. The van der Waals surface area contributed by atoms with Gasteiger partial charge in [-0.2, -0.15) is 5.10 Å². The van der Waals surface area contributed by atoms with Crippen molar-refractivity contribution in [2.24, 2.45) is 0 Å². The lowest BCUT2D eigenvalue weighted by Crippen LogP contribution is -2.12. The first kappa shape index (κ1) is 19.9. The minimum absolute atomic E-state index is 0.0596. The van der Waals surface area contributed by atoms with Crippen molar-refractivity contribution >= 4 is 39.0 Å². The van der Waals surface area contributed by atoms with E-state index in [4.69, 9.17) is 16.3 Å². The van der Waals surface area contributed by atoms with Gasteiger partial charge in [0.1, 0.15) is 11.6 Å². The van der Waals surface area contributed by atoms with Crippen LogP contribution in [0.5, 0.6) is 0 Å². The van der Waals surface area contributed by atoms with E-state index in [2.05, 4.69) is 31.0 Å². The normalized spacial score (nSPS) is 12.5. The van der Waals surface area contributed by atoms with Crippen LogP contribution < -0.4 is 0 Å². The molecule has 142 valence electrons. The van der Waals surface area contributed by atoms with Crippen LogP contribution in [0.25, 0.3) is 5.65 Å². The maximum absolute atomic E-state index is 12.7. The number of nitrogens with zero attached hydrogens (tertiary/aromatic N) is 4. The van der Waals surface area contributed by atoms with Gasteiger partial charge in [0.15, 0.2) is 5.65 Å². The second-order valence-electron chi connectivity index (χ2n) is 6.49. The topological polar surface area (TPSA) is 69.4 Å². The zero-order valence-corrected chi connectivity index (χ0v) is 17.9. The molecule has 0 amide bonds. The fourth-order valence-electron chi connectivity index (χ4n) is 3.04. The van der Waals surface area contributed by atoms with Crippen LogP contribution in [-0.2, 0) is 22.4 Å². The number of hydrogen-bond donors (Lipinski definition) is 0. The number of ether oxygens (including phenoxy) is 1. The van der Waals surface area contributed by atoms with E-state index >= 15 is 0 Å². The quantitative estimate of drug-likeness (QED) is 0.561. The van der Waals surface area contributed by atoms with Gasteiger partial charge in [-0.05, 0) is 53.9 Å². The number of pyridine rings is 2. The summed E-state index contributed by atoms with van der Waals surface area (Å²) >= 11 is 9.85. The fourth-order valence-corrected chi connectivity index (χ4v) is 3.99. The monoisotopic (exact) mass is 450 g/mol. The first-order chi connectivity index (χ1) is 12.8. The maximum Gasteiger partial charge on any atom is 0.174 e. The molecule has 0 radical (unpaired) electrons. The molecule has 3 aromatic heterocycles. The summed E-state index contributed by atoms with van der Waals surface area (Å²) in [7, 11) is 1.65. The Morgan fingerprint density at radius 2 is 2.11 bits per heavy atom. The molecule has 8 heteroatoms. The number of carbonyl (C=O) groups excluding carboxylic acids is 1. The van der Waals surface area contributed by atoms with Gasteiger partial charge in [-0.15, -0.1) is 0 Å². The molecule has 0 aromatic carbocycles. The largest absolute Gasteiger partial charge is 0.377 e. The zero-order valence-electron chi connectivity index (χ0n) is 15.6. The van der Waals surface area contributed by atoms with Crippen molar-refractivity contribution in [3.05, 3.63) is 56.2 Å². The second-order valence-corrected chi connectivity index (χ2v) is 7.69. The Hall–Kier alpha value is -1.83. The van der Waals surface area contributed by atoms with Crippen molar-refractivity contribution in [2.75, 3.05) is 7.11 Å². The Balaban J connectivity index is 1.85. The molecule has 3 aromatic rings. The number of Topliss-reactive ketones (excluding diaryl/α,β-unsaturated/α-hetero) is 1. The van der Waals surface area contributed by atoms with E-state index < -0.39 is 0 Å². The Labute approximate surface area is 171 Å². The van der Waals surface area contributed by atoms with Crippen molar-refractivity contribution in [2.45, 2.75) is 39.7 Å². The number of aromatic nitrogens is 4. The first-order valence-corrected chi connectivity index (χ1v) is 9.67. The zero-order chi connectivity index (χ0) is 19.7. The summed E-state index contributed by atoms with van der Waals surface area (Å²) in [5, 5.41) is 4.75. The third kappa shape index (κ3) is 4.20. The highest BCUT2D eigenvalue weighted by atomic mass is 79.9. The summed E-state index contributed by atoms with van der Waals surface area (Å²) < 4.78 is 7.97. The second kappa shape index (κ2) is 8.04. The highest BCUT2D eigenvalue weighted by molar-refractivity contribution is 9.10. The van der Waals surface area contributed by atoms with E-state index in [1.165, 1.54) is 0 Å². The standard InChI is InChI=1S/C19H20BrClN4O2/c1-10-18(20)17(11(2)27-4)14(8-22-10)7-15(26)5-13-6-16(21)19-23-12(3)24-25(19)9-13/h6,8-9,11H,5,7H2,1-4H3/t11-/m1/s1. The number of fused-ring (bicyclic) bond motifs is 1. The minimum atomic E-state index is -0.146. The fraction of sp³-hybridized carbons (Fsp3) is 0.368. The smallest absolute Gasteiger partial charge is 0.174 e. The van der Waals surface area contributed by atoms with E-state index in [0.29, 0.717) is 16.5 Å². The van der Waals surface area contributed by atoms with E-state index in [1.807, 2.05) is 13.8 Å². The average molecular weight is 452 g/mol. The summed E-state index contributed by atoms with van der Waals surface area (Å²) in [6, 6.07) is 1.77. The molecule has 6 nitrogen and oxygen atoms in total. The summed E-state index contributed by atoms with van der Waals surface area (Å²) in [6.07, 6.45) is 3.91. The molecule has 0 aliphatic carbocycles. The van der Waals surface area contributed by atoms with Gasteiger partial charge >= 0.3 is 0 Å². The number of hydrogen-bond acceptors (Lipinski definition) is 5. The molecule has 0 saturated carbocycles. The number of methoxy groups -OCH3 is 1. The van der Waals surface area contributed by atoms with Crippen molar-refractivity contribution in [1.29, 1.82) is 0 Å².